The smallest absolute Gasteiger partial charge is 0.246 e. The molecule has 0 bridgehead atoms. The fraction of sp³-hybridized carbons (Fsp3) is 0.657. The number of β-amino-alcohol motifs (C(OH)–C–C–N with tert-alkyl or cyclic N) is 1. The van der Waals surface area contributed by atoms with Gasteiger partial charge in [0, 0.05) is 45.7 Å². The van der Waals surface area contributed by atoms with E-state index in [0.29, 0.717) is 5.92 Å². The van der Waals surface area contributed by atoms with E-state index in [4.69, 9.17) is 0 Å². The predicted molar refractivity (Wildman–Crippen MR) is 185 cm³/mol. The van der Waals surface area contributed by atoms with Gasteiger partial charge in [-0.1, -0.05) is 45.0 Å². The summed E-state index contributed by atoms with van der Waals surface area (Å²) in [5.41, 5.74) is 4.24. The Morgan fingerprint density at radius 3 is 2.34 bits per heavy atom. The van der Waals surface area contributed by atoms with Crippen LogP contribution in [0.4, 0.5) is 0 Å². The highest BCUT2D eigenvalue weighted by molar-refractivity contribution is 7.13. The number of aliphatic hydroxyl groups is 1. The average Bonchev–Trinajstić information content (AvgIpc) is 3.66. The SMILES string of the molecule is Cc1ncsc1-c1ccc([C@H](C)NC(=O)[C@@H]2C[C@@H](O)CN2C(=O)C(NC(=O)CN2CCC(CN3CCNCC3)CC2)C(C)(C)C)cc1. The largest absolute Gasteiger partial charge is 0.391 e. The van der Waals surface area contributed by atoms with Crippen LogP contribution >= 0.6 is 11.3 Å². The number of benzene rings is 1. The highest BCUT2D eigenvalue weighted by atomic mass is 32.1. The highest BCUT2D eigenvalue weighted by Crippen LogP contribution is 2.30. The number of aromatic nitrogens is 1. The molecule has 47 heavy (non-hydrogen) atoms. The van der Waals surface area contributed by atoms with Crippen LogP contribution in [0, 0.1) is 18.3 Å². The molecule has 4 heterocycles. The molecule has 2 aromatic rings. The summed E-state index contributed by atoms with van der Waals surface area (Å²) >= 11 is 1.59. The number of nitrogens with zero attached hydrogens (tertiary/aromatic N) is 4. The Balaban J connectivity index is 1.16. The summed E-state index contributed by atoms with van der Waals surface area (Å²) in [4.78, 5) is 52.6. The van der Waals surface area contributed by atoms with Gasteiger partial charge in [-0.05, 0) is 62.2 Å². The number of aryl methyl sites for hydroxylation is 1. The second kappa shape index (κ2) is 15.5. The van der Waals surface area contributed by atoms with Gasteiger partial charge in [-0.15, -0.1) is 11.3 Å². The zero-order valence-corrected chi connectivity index (χ0v) is 29.4. The first kappa shape index (κ1) is 35.4. The van der Waals surface area contributed by atoms with Crippen molar-refractivity contribution in [2.45, 2.75) is 78.1 Å². The van der Waals surface area contributed by atoms with Gasteiger partial charge in [0.25, 0.3) is 0 Å². The number of carbonyl (C=O) groups is 3. The quantitative estimate of drug-likeness (QED) is 0.304. The van der Waals surface area contributed by atoms with Crippen LogP contribution in [-0.4, -0.2) is 120 Å². The molecule has 0 aliphatic carbocycles. The third-order valence-electron chi connectivity index (χ3n) is 9.86. The van der Waals surface area contributed by atoms with Crippen LogP contribution in [-0.2, 0) is 14.4 Å². The Morgan fingerprint density at radius 2 is 1.72 bits per heavy atom. The monoisotopic (exact) mass is 667 g/mol. The molecular formula is C35H53N7O4S. The topological polar surface area (TPSA) is 130 Å². The van der Waals surface area contributed by atoms with E-state index in [2.05, 4.69) is 30.7 Å². The maximum absolute atomic E-state index is 14.0. The fourth-order valence-corrected chi connectivity index (χ4v) is 7.82. The number of thiazole rings is 1. The van der Waals surface area contributed by atoms with Gasteiger partial charge >= 0.3 is 0 Å². The molecular weight excluding hydrogens is 614 g/mol. The Bertz CT molecular complexity index is 1360. The molecule has 5 rings (SSSR count). The van der Waals surface area contributed by atoms with Crippen molar-refractivity contribution in [3.63, 3.8) is 0 Å². The van der Waals surface area contributed by atoms with E-state index in [0.717, 1.165) is 80.4 Å². The molecule has 3 saturated heterocycles. The van der Waals surface area contributed by atoms with E-state index in [9.17, 15) is 19.5 Å². The molecule has 0 saturated carbocycles. The summed E-state index contributed by atoms with van der Waals surface area (Å²) in [5.74, 6) is -0.192. The summed E-state index contributed by atoms with van der Waals surface area (Å²) < 4.78 is 0. The Hall–Kier alpha value is -2.90. The van der Waals surface area contributed by atoms with Crippen LogP contribution in [0.15, 0.2) is 29.8 Å². The van der Waals surface area contributed by atoms with Crippen LogP contribution in [0.25, 0.3) is 10.4 Å². The van der Waals surface area contributed by atoms with E-state index in [1.165, 1.54) is 4.90 Å². The summed E-state index contributed by atoms with van der Waals surface area (Å²) in [7, 11) is 0. The number of hydrogen-bond acceptors (Lipinski definition) is 9. The van der Waals surface area contributed by atoms with Crippen molar-refractivity contribution in [1.82, 2.24) is 35.6 Å². The minimum atomic E-state index is -0.832. The van der Waals surface area contributed by atoms with Gasteiger partial charge in [0.2, 0.25) is 17.7 Å². The van der Waals surface area contributed by atoms with Crippen molar-refractivity contribution in [1.29, 1.82) is 0 Å². The van der Waals surface area contributed by atoms with Gasteiger partial charge in [-0.3, -0.25) is 19.3 Å². The minimum absolute atomic E-state index is 0.0528. The Morgan fingerprint density at radius 1 is 1.04 bits per heavy atom. The maximum Gasteiger partial charge on any atom is 0.246 e. The molecule has 0 spiro atoms. The van der Waals surface area contributed by atoms with E-state index in [-0.39, 0.29) is 43.3 Å². The number of likely N-dealkylation sites (tertiary alicyclic amines) is 2. The second-order valence-corrected chi connectivity index (χ2v) is 15.5. The second-order valence-electron chi connectivity index (χ2n) is 14.7. The molecule has 3 aliphatic heterocycles. The van der Waals surface area contributed by atoms with Crippen molar-refractivity contribution in [3.05, 3.63) is 41.0 Å². The molecule has 3 aliphatic rings. The third-order valence-corrected chi connectivity index (χ3v) is 10.8. The predicted octanol–water partition coefficient (Wildman–Crippen LogP) is 2.41. The van der Waals surface area contributed by atoms with Crippen LogP contribution in [0.1, 0.15) is 64.3 Å². The van der Waals surface area contributed by atoms with Crippen LogP contribution < -0.4 is 16.0 Å². The van der Waals surface area contributed by atoms with Crippen molar-refractivity contribution >= 4 is 29.1 Å². The Kier molecular flexibility index (Phi) is 11.7. The van der Waals surface area contributed by atoms with Gasteiger partial charge < -0.3 is 30.9 Å². The van der Waals surface area contributed by atoms with Crippen molar-refractivity contribution in [2.75, 3.05) is 58.9 Å². The van der Waals surface area contributed by atoms with Crippen molar-refractivity contribution < 1.29 is 19.5 Å². The van der Waals surface area contributed by atoms with Crippen LogP contribution in [0.5, 0.6) is 0 Å². The number of carbonyl (C=O) groups excluding carboxylic acids is 3. The molecule has 4 atom stereocenters. The molecule has 258 valence electrons. The van der Waals surface area contributed by atoms with Crippen LogP contribution in [0.3, 0.4) is 0 Å². The lowest BCUT2D eigenvalue weighted by atomic mass is 9.85. The van der Waals surface area contributed by atoms with Crippen molar-refractivity contribution in [3.8, 4) is 10.4 Å². The number of aliphatic hydroxyl groups excluding tert-OH is 1. The summed E-state index contributed by atoms with van der Waals surface area (Å²) in [6, 6.07) is 6.09. The zero-order valence-electron chi connectivity index (χ0n) is 28.6. The first-order valence-electron chi connectivity index (χ1n) is 17.1. The number of hydrogen-bond donors (Lipinski definition) is 4. The van der Waals surface area contributed by atoms with Gasteiger partial charge in [0.1, 0.15) is 12.1 Å². The first-order valence-corrected chi connectivity index (χ1v) is 18.0. The summed E-state index contributed by atoms with van der Waals surface area (Å²) in [6.45, 7) is 17.1. The lowest BCUT2D eigenvalue weighted by molar-refractivity contribution is -0.144. The highest BCUT2D eigenvalue weighted by Gasteiger charge is 2.44. The van der Waals surface area contributed by atoms with Gasteiger partial charge in [0.15, 0.2) is 0 Å². The van der Waals surface area contributed by atoms with Gasteiger partial charge in [-0.25, -0.2) is 4.98 Å². The number of piperidine rings is 1. The van der Waals surface area contributed by atoms with E-state index >= 15 is 0 Å². The average molecular weight is 668 g/mol. The maximum atomic E-state index is 14.0. The first-order chi connectivity index (χ1) is 22.4. The molecule has 1 unspecified atom stereocenters. The van der Waals surface area contributed by atoms with E-state index in [1.807, 2.05) is 64.4 Å². The molecule has 1 aromatic carbocycles. The number of piperazine rings is 1. The fourth-order valence-electron chi connectivity index (χ4n) is 7.01. The number of amides is 3. The normalized spacial score (nSPS) is 23.0. The summed E-state index contributed by atoms with van der Waals surface area (Å²) in [5, 5.41) is 20.1. The zero-order chi connectivity index (χ0) is 33.7. The molecule has 3 amide bonds. The number of nitrogens with one attached hydrogen (secondary N) is 3. The minimum Gasteiger partial charge on any atom is -0.391 e. The summed E-state index contributed by atoms with van der Waals surface area (Å²) in [6.07, 6.45) is 1.47. The molecule has 11 nitrogen and oxygen atoms in total. The molecule has 3 fully saturated rings. The van der Waals surface area contributed by atoms with E-state index in [1.54, 1.807) is 11.3 Å². The molecule has 1 aromatic heterocycles. The van der Waals surface area contributed by atoms with E-state index < -0.39 is 23.6 Å². The van der Waals surface area contributed by atoms with Crippen molar-refractivity contribution in [2.24, 2.45) is 11.3 Å². The van der Waals surface area contributed by atoms with Gasteiger partial charge in [0.05, 0.1) is 34.8 Å². The lowest BCUT2D eigenvalue weighted by Gasteiger charge is -2.37. The standard InChI is InChI=1S/C35H53N7O4S/c1-23(26-6-8-27(9-7-26)31-24(2)37-22-47-31)38-33(45)29-18-28(43)20-42(29)34(46)32(35(3,4)5)39-30(44)21-40-14-10-25(11-15-40)19-41-16-12-36-13-17-41/h6-9,22-23,25,28-29,32,36,43H,10-21H2,1-5H3,(H,38,45)(H,39,44)/t23-,28+,29-,32?/m0/s1. The Labute approximate surface area is 283 Å². The molecule has 12 heteroatoms. The third kappa shape index (κ3) is 9.17. The van der Waals surface area contributed by atoms with Crippen LogP contribution in [0.2, 0.25) is 0 Å². The molecule has 4 N–H and O–H groups in total. The molecule has 0 radical (unpaired) electrons. The van der Waals surface area contributed by atoms with Gasteiger partial charge in [-0.2, -0.15) is 0 Å². The lowest BCUT2D eigenvalue weighted by Crippen LogP contribution is -2.59. The number of rotatable bonds is 10.